The number of piperidine rings is 1. The number of anilines is 1. The second-order valence-electron chi connectivity index (χ2n) is 7.57. The Bertz CT molecular complexity index is 819. The third kappa shape index (κ3) is 3.88. The zero-order chi connectivity index (χ0) is 17.9. The van der Waals surface area contributed by atoms with Crippen molar-refractivity contribution in [1.29, 1.82) is 0 Å². The minimum Gasteiger partial charge on any atom is -0.363 e. The number of hydrogen-bond donors (Lipinski definition) is 1. The number of H-pyrrole nitrogens is 1. The predicted molar refractivity (Wildman–Crippen MR) is 106 cm³/mol. The maximum absolute atomic E-state index is 4.75. The molecule has 0 radical (unpaired) electrons. The van der Waals surface area contributed by atoms with Gasteiger partial charge in [-0.15, -0.1) is 0 Å². The van der Waals surface area contributed by atoms with Gasteiger partial charge in [0.2, 0.25) is 0 Å². The number of nitrogens with one attached hydrogen (secondary N) is 1. The molecule has 0 bridgehead atoms. The van der Waals surface area contributed by atoms with Crippen molar-refractivity contribution in [3.05, 3.63) is 54.0 Å². The molecule has 1 atom stereocenters. The van der Waals surface area contributed by atoms with Crippen LogP contribution in [0.25, 0.3) is 11.0 Å². The van der Waals surface area contributed by atoms with E-state index in [0.29, 0.717) is 5.92 Å². The van der Waals surface area contributed by atoms with Crippen LogP contribution in [-0.4, -0.2) is 47.0 Å². The molecule has 0 amide bonds. The number of pyridine rings is 1. The van der Waals surface area contributed by atoms with Gasteiger partial charge >= 0.3 is 0 Å². The van der Waals surface area contributed by atoms with E-state index < -0.39 is 0 Å². The standard InChI is InChI=1S/C21H27N5/c1-25(2)21-10-9-17(13-22-21)15-26-11-5-6-16(14-26)12-20-23-18-7-3-4-8-19(18)24-20/h3-4,7-10,13,16H,5-6,11-12,14-15H2,1-2H3,(H,23,24)/t16-/m0/s1. The summed E-state index contributed by atoms with van der Waals surface area (Å²) in [5.74, 6) is 2.79. The SMILES string of the molecule is CN(C)c1ccc(CN2CCC[C@@H](Cc3nc4ccccc4[nH]3)C2)cn1. The molecule has 0 spiro atoms. The van der Waals surface area contributed by atoms with Crippen LogP contribution in [0.1, 0.15) is 24.2 Å². The van der Waals surface area contributed by atoms with Gasteiger partial charge in [0, 0.05) is 39.8 Å². The van der Waals surface area contributed by atoms with E-state index in [1.165, 1.54) is 24.9 Å². The van der Waals surface area contributed by atoms with E-state index in [9.17, 15) is 0 Å². The molecule has 1 aliphatic rings. The molecule has 3 heterocycles. The van der Waals surface area contributed by atoms with Crippen molar-refractivity contribution >= 4 is 16.9 Å². The van der Waals surface area contributed by atoms with Crippen LogP contribution in [0, 0.1) is 5.92 Å². The lowest BCUT2D eigenvalue weighted by Gasteiger charge is -2.32. The molecular weight excluding hydrogens is 322 g/mol. The molecule has 136 valence electrons. The minimum absolute atomic E-state index is 0.665. The second-order valence-corrected chi connectivity index (χ2v) is 7.57. The number of benzene rings is 1. The smallest absolute Gasteiger partial charge is 0.127 e. The number of aromatic amines is 1. The highest BCUT2D eigenvalue weighted by Crippen LogP contribution is 2.23. The van der Waals surface area contributed by atoms with Gasteiger partial charge in [0.15, 0.2) is 0 Å². The summed E-state index contributed by atoms with van der Waals surface area (Å²) in [6, 6.07) is 12.6. The Morgan fingerprint density at radius 1 is 1.19 bits per heavy atom. The lowest BCUT2D eigenvalue weighted by Crippen LogP contribution is -2.35. The van der Waals surface area contributed by atoms with Gasteiger partial charge in [0.1, 0.15) is 11.6 Å². The van der Waals surface area contributed by atoms with Crippen LogP contribution >= 0.6 is 0 Å². The first-order valence-corrected chi connectivity index (χ1v) is 9.45. The van der Waals surface area contributed by atoms with Gasteiger partial charge < -0.3 is 9.88 Å². The number of rotatable bonds is 5. The van der Waals surface area contributed by atoms with Gasteiger partial charge in [0.25, 0.3) is 0 Å². The van der Waals surface area contributed by atoms with Crippen molar-refractivity contribution in [2.24, 2.45) is 5.92 Å². The number of para-hydroxylation sites is 2. The first-order chi connectivity index (χ1) is 12.7. The molecular formula is C21H27N5. The summed E-state index contributed by atoms with van der Waals surface area (Å²) >= 11 is 0. The minimum atomic E-state index is 0.665. The molecule has 1 N–H and O–H groups in total. The Hall–Kier alpha value is -2.40. The maximum atomic E-state index is 4.75. The summed E-state index contributed by atoms with van der Waals surface area (Å²) in [5.41, 5.74) is 3.50. The fourth-order valence-corrected chi connectivity index (χ4v) is 3.87. The summed E-state index contributed by atoms with van der Waals surface area (Å²) in [4.78, 5) is 17.4. The van der Waals surface area contributed by atoms with Crippen LogP contribution in [0.2, 0.25) is 0 Å². The second kappa shape index (κ2) is 7.46. The van der Waals surface area contributed by atoms with E-state index in [1.807, 2.05) is 31.3 Å². The average Bonchev–Trinajstić information content (AvgIpc) is 3.04. The fraction of sp³-hybridized carbons (Fsp3) is 0.429. The Kier molecular flexibility index (Phi) is 4.89. The number of aromatic nitrogens is 3. The van der Waals surface area contributed by atoms with Crippen molar-refractivity contribution in [2.75, 3.05) is 32.1 Å². The van der Waals surface area contributed by atoms with Crippen molar-refractivity contribution in [3.8, 4) is 0 Å². The topological polar surface area (TPSA) is 48.0 Å². The molecule has 4 rings (SSSR count). The number of likely N-dealkylation sites (tertiary alicyclic amines) is 1. The zero-order valence-electron chi connectivity index (χ0n) is 15.7. The van der Waals surface area contributed by atoms with Crippen LogP contribution in [0.15, 0.2) is 42.6 Å². The van der Waals surface area contributed by atoms with Crippen LogP contribution in [0.4, 0.5) is 5.82 Å². The number of nitrogens with zero attached hydrogens (tertiary/aromatic N) is 4. The van der Waals surface area contributed by atoms with E-state index in [-0.39, 0.29) is 0 Å². The van der Waals surface area contributed by atoms with E-state index >= 15 is 0 Å². The van der Waals surface area contributed by atoms with Crippen molar-refractivity contribution in [3.63, 3.8) is 0 Å². The fourth-order valence-electron chi connectivity index (χ4n) is 3.87. The lowest BCUT2D eigenvalue weighted by molar-refractivity contribution is 0.166. The highest BCUT2D eigenvalue weighted by Gasteiger charge is 2.21. The molecule has 1 fully saturated rings. The van der Waals surface area contributed by atoms with Gasteiger partial charge in [-0.3, -0.25) is 4.90 Å². The molecule has 0 saturated carbocycles. The molecule has 1 saturated heterocycles. The summed E-state index contributed by atoms with van der Waals surface area (Å²) in [5, 5.41) is 0. The number of fused-ring (bicyclic) bond motifs is 1. The predicted octanol–water partition coefficient (Wildman–Crippen LogP) is 3.48. The molecule has 1 aliphatic heterocycles. The van der Waals surface area contributed by atoms with Gasteiger partial charge in [-0.25, -0.2) is 9.97 Å². The Morgan fingerprint density at radius 3 is 2.85 bits per heavy atom. The summed E-state index contributed by atoms with van der Waals surface area (Å²) in [7, 11) is 4.05. The van der Waals surface area contributed by atoms with Gasteiger partial charge in [0.05, 0.1) is 11.0 Å². The zero-order valence-corrected chi connectivity index (χ0v) is 15.7. The molecule has 3 aromatic rings. The van der Waals surface area contributed by atoms with E-state index in [4.69, 9.17) is 4.98 Å². The molecule has 0 unspecified atom stereocenters. The monoisotopic (exact) mass is 349 g/mol. The lowest BCUT2D eigenvalue weighted by atomic mass is 9.94. The Morgan fingerprint density at radius 2 is 2.08 bits per heavy atom. The Labute approximate surface area is 155 Å². The van der Waals surface area contributed by atoms with Crippen molar-refractivity contribution in [2.45, 2.75) is 25.8 Å². The third-order valence-corrected chi connectivity index (χ3v) is 5.20. The molecule has 26 heavy (non-hydrogen) atoms. The maximum Gasteiger partial charge on any atom is 0.127 e. The highest BCUT2D eigenvalue weighted by atomic mass is 15.1. The van der Waals surface area contributed by atoms with Gasteiger partial charge in [-0.1, -0.05) is 18.2 Å². The molecule has 2 aromatic heterocycles. The summed E-state index contributed by atoms with van der Waals surface area (Å²) < 4.78 is 0. The largest absolute Gasteiger partial charge is 0.363 e. The van der Waals surface area contributed by atoms with Gasteiger partial charge in [-0.05, 0) is 49.1 Å². The van der Waals surface area contributed by atoms with Crippen LogP contribution in [0.5, 0.6) is 0 Å². The Balaban J connectivity index is 1.37. The number of imidazole rings is 1. The van der Waals surface area contributed by atoms with E-state index in [2.05, 4.69) is 45.2 Å². The first kappa shape index (κ1) is 17.0. The van der Waals surface area contributed by atoms with Crippen molar-refractivity contribution < 1.29 is 0 Å². The number of hydrogen-bond acceptors (Lipinski definition) is 4. The molecule has 5 heteroatoms. The van der Waals surface area contributed by atoms with Crippen LogP contribution < -0.4 is 4.90 Å². The van der Waals surface area contributed by atoms with Crippen molar-refractivity contribution in [1.82, 2.24) is 19.9 Å². The summed E-state index contributed by atoms with van der Waals surface area (Å²) in [6.07, 6.45) is 5.58. The van der Waals surface area contributed by atoms with E-state index in [1.54, 1.807) is 0 Å². The highest BCUT2D eigenvalue weighted by molar-refractivity contribution is 5.74. The summed E-state index contributed by atoms with van der Waals surface area (Å²) in [6.45, 7) is 3.29. The van der Waals surface area contributed by atoms with Crippen LogP contribution in [-0.2, 0) is 13.0 Å². The quantitative estimate of drug-likeness (QED) is 0.766. The van der Waals surface area contributed by atoms with Gasteiger partial charge in [-0.2, -0.15) is 0 Å². The molecule has 1 aromatic carbocycles. The molecule has 0 aliphatic carbocycles. The molecule has 5 nitrogen and oxygen atoms in total. The van der Waals surface area contributed by atoms with Crippen LogP contribution in [0.3, 0.4) is 0 Å². The third-order valence-electron chi connectivity index (χ3n) is 5.20. The first-order valence-electron chi connectivity index (χ1n) is 9.45. The van der Waals surface area contributed by atoms with E-state index in [0.717, 1.165) is 42.2 Å². The average molecular weight is 349 g/mol. The normalized spacial score (nSPS) is 18.3.